The Labute approximate surface area is 118 Å². The highest BCUT2D eigenvalue weighted by atomic mass is 16.5. The molecule has 5 nitrogen and oxygen atoms in total. The fraction of sp³-hybridized carbons (Fsp3) is 0.467. The lowest BCUT2D eigenvalue weighted by Gasteiger charge is -2.14. The summed E-state index contributed by atoms with van der Waals surface area (Å²) in [5.41, 5.74) is 0.460. The Morgan fingerprint density at radius 2 is 2.00 bits per heavy atom. The van der Waals surface area contributed by atoms with E-state index in [1.54, 1.807) is 0 Å². The number of nitrogens with zero attached hydrogens (tertiary/aromatic N) is 1. The maximum atomic E-state index is 12.3. The molecule has 1 aromatic rings. The number of hydrogen-bond donors (Lipinski definition) is 1. The van der Waals surface area contributed by atoms with Crippen molar-refractivity contribution in [3.8, 4) is 5.75 Å². The molecule has 5 heteroatoms. The molecule has 2 rings (SSSR count). The Bertz CT molecular complexity index is 507. The average Bonchev–Trinajstić information content (AvgIpc) is 2.97. The lowest BCUT2D eigenvalue weighted by Crippen LogP contribution is -2.22. The lowest BCUT2D eigenvalue weighted by atomic mass is 10.0. The van der Waals surface area contributed by atoms with Gasteiger partial charge in [-0.1, -0.05) is 0 Å². The first-order chi connectivity index (χ1) is 9.61. The van der Waals surface area contributed by atoms with Gasteiger partial charge >= 0.3 is 5.97 Å². The second-order valence-electron chi connectivity index (χ2n) is 4.94. The number of aromatic carboxylic acids is 1. The van der Waals surface area contributed by atoms with Crippen LogP contribution in [0.15, 0.2) is 18.2 Å². The predicted molar refractivity (Wildman–Crippen MR) is 74.6 cm³/mol. The van der Waals surface area contributed by atoms with E-state index in [0.717, 1.165) is 19.6 Å². The highest BCUT2D eigenvalue weighted by Crippen LogP contribution is 2.22. The van der Waals surface area contributed by atoms with Gasteiger partial charge in [0, 0.05) is 13.0 Å². The largest absolute Gasteiger partial charge is 0.496 e. The quantitative estimate of drug-likeness (QED) is 0.806. The molecule has 20 heavy (non-hydrogen) atoms. The number of carbonyl (C=O) groups is 2. The van der Waals surface area contributed by atoms with E-state index >= 15 is 0 Å². The van der Waals surface area contributed by atoms with E-state index in [-0.39, 0.29) is 11.3 Å². The van der Waals surface area contributed by atoms with Crippen molar-refractivity contribution in [2.45, 2.75) is 19.3 Å². The summed E-state index contributed by atoms with van der Waals surface area (Å²) in [5, 5.41) is 9.00. The molecule has 1 aliphatic heterocycles. The lowest BCUT2D eigenvalue weighted by molar-refractivity contribution is 0.0697. The number of ether oxygens (including phenoxy) is 1. The molecule has 0 spiro atoms. The molecular formula is C15H19NO4. The van der Waals surface area contributed by atoms with Crippen LogP contribution in [-0.4, -0.2) is 48.5 Å². The highest BCUT2D eigenvalue weighted by molar-refractivity contribution is 6.01. The van der Waals surface area contributed by atoms with Crippen LogP contribution in [0.3, 0.4) is 0 Å². The Hall–Kier alpha value is -1.88. The zero-order valence-electron chi connectivity index (χ0n) is 11.6. The Balaban J connectivity index is 2.10. The van der Waals surface area contributed by atoms with Gasteiger partial charge in [0.25, 0.3) is 0 Å². The first-order valence-electron chi connectivity index (χ1n) is 6.78. The predicted octanol–water partition coefficient (Wildman–Crippen LogP) is 2.06. The van der Waals surface area contributed by atoms with E-state index < -0.39 is 5.97 Å². The molecule has 1 aromatic carbocycles. The normalized spacial score (nSPS) is 15.2. The standard InChI is InChI=1S/C15H19NO4/c1-20-14-5-4-11(15(18)19)10-12(14)13(17)6-9-16-7-2-3-8-16/h4-5,10H,2-3,6-9H2,1H3,(H,18,19). The fourth-order valence-electron chi connectivity index (χ4n) is 2.46. The number of ketones is 1. The van der Waals surface area contributed by atoms with Crippen molar-refractivity contribution in [2.24, 2.45) is 0 Å². The van der Waals surface area contributed by atoms with Gasteiger partial charge in [0.15, 0.2) is 5.78 Å². The van der Waals surface area contributed by atoms with Crippen molar-refractivity contribution < 1.29 is 19.4 Å². The third-order valence-corrected chi connectivity index (χ3v) is 3.60. The Morgan fingerprint density at radius 1 is 1.30 bits per heavy atom. The molecule has 0 unspecified atom stereocenters. The summed E-state index contributed by atoms with van der Waals surface area (Å²) >= 11 is 0. The number of rotatable bonds is 6. The summed E-state index contributed by atoms with van der Waals surface area (Å²) in [5.74, 6) is -0.681. The van der Waals surface area contributed by atoms with Gasteiger partial charge in [0.05, 0.1) is 18.2 Å². The first-order valence-corrected chi connectivity index (χ1v) is 6.78. The summed E-state index contributed by atoms with van der Waals surface area (Å²) in [6, 6.07) is 4.37. The molecule has 1 heterocycles. The molecule has 0 amide bonds. The van der Waals surface area contributed by atoms with Crippen LogP contribution >= 0.6 is 0 Å². The molecular weight excluding hydrogens is 258 g/mol. The molecule has 1 saturated heterocycles. The van der Waals surface area contributed by atoms with Crippen LogP contribution in [0.4, 0.5) is 0 Å². The van der Waals surface area contributed by atoms with Crippen LogP contribution in [0.5, 0.6) is 5.75 Å². The molecule has 108 valence electrons. The minimum atomic E-state index is -1.04. The second-order valence-corrected chi connectivity index (χ2v) is 4.94. The first kappa shape index (κ1) is 14.5. The van der Waals surface area contributed by atoms with Gasteiger partial charge in [-0.15, -0.1) is 0 Å². The monoisotopic (exact) mass is 277 g/mol. The van der Waals surface area contributed by atoms with Crippen LogP contribution in [0.1, 0.15) is 40.0 Å². The van der Waals surface area contributed by atoms with Gasteiger partial charge in [0.2, 0.25) is 0 Å². The van der Waals surface area contributed by atoms with Gasteiger partial charge in [0.1, 0.15) is 5.75 Å². The Kier molecular flexibility index (Phi) is 4.74. The summed E-state index contributed by atoms with van der Waals surface area (Å²) in [7, 11) is 1.48. The third-order valence-electron chi connectivity index (χ3n) is 3.60. The molecule has 1 N–H and O–H groups in total. The van der Waals surface area contributed by atoms with Crippen LogP contribution in [0, 0.1) is 0 Å². The fourth-order valence-corrected chi connectivity index (χ4v) is 2.46. The number of carboxylic acid groups (broad SMARTS) is 1. The van der Waals surface area contributed by atoms with Crippen LogP contribution in [0.2, 0.25) is 0 Å². The molecule has 0 atom stereocenters. The van der Waals surface area contributed by atoms with Crippen molar-refractivity contribution >= 4 is 11.8 Å². The molecule has 0 bridgehead atoms. The molecule has 0 radical (unpaired) electrons. The van der Waals surface area contributed by atoms with E-state index in [4.69, 9.17) is 9.84 Å². The van der Waals surface area contributed by atoms with E-state index in [1.807, 2.05) is 0 Å². The smallest absolute Gasteiger partial charge is 0.335 e. The number of benzene rings is 1. The average molecular weight is 277 g/mol. The Morgan fingerprint density at radius 3 is 2.60 bits per heavy atom. The number of Topliss-reactive ketones (excluding diaryl/α,β-unsaturated/α-hetero) is 1. The van der Waals surface area contributed by atoms with Crippen LogP contribution in [0.25, 0.3) is 0 Å². The molecule has 1 aliphatic rings. The van der Waals surface area contributed by atoms with Crippen molar-refractivity contribution in [3.63, 3.8) is 0 Å². The highest BCUT2D eigenvalue weighted by Gasteiger charge is 2.18. The summed E-state index contributed by atoms with van der Waals surface area (Å²) in [6.45, 7) is 2.80. The number of methoxy groups -OCH3 is 1. The zero-order valence-corrected chi connectivity index (χ0v) is 11.6. The maximum absolute atomic E-state index is 12.3. The van der Waals surface area contributed by atoms with Crippen molar-refractivity contribution in [1.82, 2.24) is 4.90 Å². The van der Waals surface area contributed by atoms with E-state index in [2.05, 4.69) is 4.90 Å². The van der Waals surface area contributed by atoms with Gasteiger partial charge in [-0.3, -0.25) is 4.79 Å². The second kappa shape index (κ2) is 6.52. The minimum absolute atomic E-state index is 0.0724. The molecule has 1 fully saturated rings. The SMILES string of the molecule is COc1ccc(C(=O)O)cc1C(=O)CCN1CCCC1. The van der Waals surface area contributed by atoms with Gasteiger partial charge < -0.3 is 14.7 Å². The van der Waals surface area contributed by atoms with Gasteiger partial charge in [-0.25, -0.2) is 4.79 Å². The van der Waals surface area contributed by atoms with Crippen molar-refractivity contribution in [1.29, 1.82) is 0 Å². The number of likely N-dealkylation sites (tertiary alicyclic amines) is 1. The third kappa shape index (κ3) is 3.36. The van der Waals surface area contributed by atoms with Crippen molar-refractivity contribution in [2.75, 3.05) is 26.7 Å². The van der Waals surface area contributed by atoms with E-state index in [1.165, 1.54) is 38.2 Å². The number of hydrogen-bond acceptors (Lipinski definition) is 4. The number of carbonyl (C=O) groups excluding carboxylic acids is 1. The minimum Gasteiger partial charge on any atom is -0.496 e. The number of carboxylic acids is 1. The van der Waals surface area contributed by atoms with Crippen molar-refractivity contribution in [3.05, 3.63) is 29.3 Å². The van der Waals surface area contributed by atoms with Gasteiger partial charge in [-0.05, 0) is 44.1 Å². The summed E-state index contributed by atoms with van der Waals surface area (Å²) < 4.78 is 5.15. The van der Waals surface area contributed by atoms with Gasteiger partial charge in [-0.2, -0.15) is 0 Å². The van der Waals surface area contributed by atoms with Crippen LogP contribution in [-0.2, 0) is 0 Å². The maximum Gasteiger partial charge on any atom is 0.335 e. The molecule has 0 aromatic heterocycles. The van der Waals surface area contributed by atoms with E-state index in [9.17, 15) is 9.59 Å². The summed E-state index contributed by atoms with van der Waals surface area (Å²) in [4.78, 5) is 25.5. The summed E-state index contributed by atoms with van der Waals surface area (Å²) in [6.07, 6.45) is 2.76. The van der Waals surface area contributed by atoms with E-state index in [0.29, 0.717) is 17.7 Å². The molecule has 0 saturated carbocycles. The zero-order chi connectivity index (χ0) is 14.5. The molecule has 0 aliphatic carbocycles. The topological polar surface area (TPSA) is 66.8 Å². The van der Waals surface area contributed by atoms with Crippen LogP contribution < -0.4 is 4.74 Å².